The third kappa shape index (κ3) is 4.30. The van der Waals surface area contributed by atoms with Crippen LogP contribution in [0.1, 0.15) is 17.8 Å². The Morgan fingerprint density at radius 3 is 2.67 bits per heavy atom. The number of rotatable bonds is 7. The van der Waals surface area contributed by atoms with Crippen LogP contribution >= 0.6 is 0 Å². The molecule has 2 aromatic heterocycles. The summed E-state index contributed by atoms with van der Waals surface area (Å²) >= 11 is 0. The molecule has 4 rings (SSSR count). The van der Waals surface area contributed by atoms with Gasteiger partial charge in [0.15, 0.2) is 5.65 Å². The molecule has 30 heavy (non-hydrogen) atoms. The molecule has 2 heterocycles. The number of nitrogens with one attached hydrogen (secondary N) is 1. The van der Waals surface area contributed by atoms with E-state index in [0.717, 1.165) is 28.3 Å². The number of fused-ring (bicyclic) bond motifs is 1. The number of amides is 1. The summed E-state index contributed by atoms with van der Waals surface area (Å²) in [5, 5.41) is 2.62. The molecule has 0 bridgehead atoms. The van der Waals surface area contributed by atoms with Gasteiger partial charge >= 0.3 is 0 Å². The van der Waals surface area contributed by atoms with Crippen molar-refractivity contribution < 1.29 is 13.9 Å². The number of hydrogen-bond donors (Lipinski definition) is 1. The summed E-state index contributed by atoms with van der Waals surface area (Å²) in [6.45, 7) is 0.571. The zero-order valence-electron chi connectivity index (χ0n) is 16.5. The normalized spacial score (nSPS) is 10.9. The van der Waals surface area contributed by atoms with Crippen LogP contribution in [0.5, 0.6) is 5.75 Å². The average molecular weight is 404 g/mol. The second-order valence-corrected chi connectivity index (χ2v) is 6.84. The molecule has 0 aliphatic carbocycles. The van der Waals surface area contributed by atoms with Gasteiger partial charge in [0.25, 0.3) is 0 Å². The predicted octanol–water partition coefficient (Wildman–Crippen LogP) is 4.20. The summed E-state index contributed by atoms with van der Waals surface area (Å²) in [7, 11) is 1.63. The standard InChI is InChI=1S/C23H21FN4O2/c1-30-17-10-8-16(9-11-17)15-28-21(26-20-7-4-14-25-23(20)28)12-13-22(29)27-19-6-3-2-5-18(19)24/h2-11,14H,12-13,15H2,1H3,(H,27,29). The molecule has 0 saturated heterocycles. The second kappa shape index (κ2) is 8.73. The van der Waals surface area contributed by atoms with Crippen molar-refractivity contribution in [1.82, 2.24) is 14.5 Å². The largest absolute Gasteiger partial charge is 0.497 e. The molecule has 0 atom stereocenters. The molecule has 0 unspecified atom stereocenters. The van der Waals surface area contributed by atoms with Crippen LogP contribution in [0.3, 0.4) is 0 Å². The van der Waals surface area contributed by atoms with E-state index in [-0.39, 0.29) is 18.0 Å². The zero-order valence-corrected chi connectivity index (χ0v) is 16.5. The maximum atomic E-state index is 13.8. The molecule has 6 nitrogen and oxygen atoms in total. The molecule has 0 fully saturated rings. The fourth-order valence-electron chi connectivity index (χ4n) is 3.28. The van der Waals surface area contributed by atoms with Crippen molar-refractivity contribution in [2.24, 2.45) is 0 Å². The van der Waals surface area contributed by atoms with Crippen molar-refractivity contribution in [2.45, 2.75) is 19.4 Å². The number of methoxy groups -OCH3 is 1. The van der Waals surface area contributed by atoms with Crippen LogP contribution in [0.25, 0.3) is 11.2 Å². The lowest BCUT2D eigenvalue weighted by Gasteiger charge is -2.10. The van der Waals surface area contributed by atoms with Crippen molar-refractivity contribution in [2.75, 3.05) is 12.4 Å². The van der Waals surface area contributed by atoms with E-state index in [1.807, 2.05) is 41.0 Å². The maximum absolute atomic E-state index is 13.8. The highest BCUT2D eigenvalue weighted by atomic mass is 19.1. The van der Waals surface area contributed by atoms with Crippen molar-refractivity contribution in [3.8, 4) is 5.75 Å². The molecular weight excluding hydrogens is 383 g/mol. The van der Waals surface area contributed by atoms with Gasteiger partial charge in [0.2, 0.25) is 5.91 Å². The van der Waals surface area contributed by atoms with E-state index in [0.29, 0.717) is 13.0 Å². The molecule has 0 spiro atoms. The summed E-state index contributed by atoms with van der Waals surface area (Å²) in [5.74, 6) is 0.818. The Labute approximate surface area is 173 Å². The zero-order chi connectivity index (χ0) is 20.9. The van der Waals surface area contributed by atoms with E-state index in [1.54, 1.807) is 25.4 Å². The number of imidazole rings is 1. The fourth-order valence-corrected chi connectivity index (χ4v) is 3.28. The number of ether oxygens (including phenoxy) is 1. The van der Waals surface area contributed by atoms with E-state index >= 15 is 0 Å². The summed E-state index contributed by atoms with van der Waals surface area (Å²) in [6.07, 6.45) is 2.32. The second-order valence-electron chi connectivity index (χ2n) is 6.84. The Bertz CT molecular complexity index is 1170. The van der Waals surface area contributed by atoms with Crippen LogP contribution in [-0.4, -0.2) is 27.6 Å². The molecule has 1 amide bonds. The lowest BCUT2D eigenvalue weighted by Crippen LogP contribution is -2.15. The van der Waals surface area contributed by atoms with E-state index in [9.17, 15) is 9.18 Å². The van der Waals surface area contributed by atoms with Crippen molar-refractivity contribution in [1.29, 1.82) is 0 Å². The minimum atomic E-state index is -0.457. The van der Waals surface area contributed by atoms with Gasteiger partial charge in [-0.15, -0.1) is 0 Å². The molecule has 0 radical (unpaired) electrons. The number of halogens is 1. The first-order chi connectivity index (χ1) is 14.6. The first-order valence-electron chi connectivity index (χ1n) is 9.61. The van der Waals surface area contributed by atoms with Crippen LogP contribution in [0, 0.1) is 5.82 Å². The van der Waals surface area contributed by atoms with Crippen LogP contribution in [-0.2, 0) is 17.8 Å². The first-order valence-corrected chi connectivity index (χ1v) is 9.61. The number of carbonyl (C=O) groups excluding carboxylic acids is 1. The number of aryl methyl sites for hydroxylation is 1. The molecule has 0 aliphatic rings. The topological polar surface area (TPSA) is 69.0 Å². The summed E-state index contributed by atoms with van der Waals surface area (Å²) < 4.78 is 21.0. The highest BCUT2D eigenvalue weighted by Crippen LogP contribution is 2.19. The number of para-hydroxylation sites is 1. The van der Waals surface area contributed by atoms with Crippen LogP contribution in [0.4, 0.5) is 10.1 Å². The Morgan fingerprint density at radius 2 is 1.90 bits per heavy atom. The SMILES string of the molecule is COc1ccc(Cn2c(CCC(=O)Nc3ccccc3F)nc3cccnc32)cc1. The highest BCUT2D eigenvalue weighted by Gasteiger charge is 2.14. The van der Waals surface area contributed by atoms with Crippen LogP contribution < -0.4 is 10.1 Å². The molecule has 4 aromatic rings. The molecule has 152 valence electrons. The number of anilines is 1. The molecule has 7 heteroatoms. The van der Waals surface area contributed by atoms with E-state index < -0.39 is 5.82 Å². The van der Waals surface area contributed by atoms with Crippen molar-refractivity contribution in [3.63, 3.8) is 0 Å². The van der Waals surface area contributed by atoms with Crippen LogP contribution in [0.15, 0.2) is 66.9 Å². The van der Waals surface area contributed by atoms with Gasteiger partial charge in [0.05, 0.1) is 19.3 Å². The van der Waals surface area contributed by atoms with Gasteiger partial charge < -0.3 is 14.6 Å². The highest BCUT2D eigenvalue weighted by molar-refractivity contribution is 5.90. The van der Waals surface area contributed by atoms with Gasteiger partial charge in [-0.1, -0.05) is 24.3 Å². The minimum absolute atomic E-state index is 0.177. The number of hydrogen-bond acceptors (Lipinski definition) is 4. The van der Waals surface area contributed by atoms with Gasteiger partial charge in [-0.05, 0) is 42.0 Å². The minimum Gasteiger partial charge on any atom is -0.497 e. The molecule has 0 saturated carbocycles. The van der Waals surface area contributed by atoms with Crippen LogP contribution in [0.2, 0.25) is 0 Å². The smallest absolute Gasteiger partial charge is 0.224 e. The van der Waals surface area contributed by atoms with Gasteiger partial charge in [-0.25, -0.2) is 14.4 Å². The van der Waals surface area contributed by atoms with Crippen molar-refractivity contribution >= 4 is 22.8 Å². The average Bonchev–Trinajstić information content (AvgIpc) is 3.12. The lowest BCUT2D eigenvalue weighted by molar-refractivity contribution is -0.116. The van der Waals surface area contributed by atoms with Gasteiger partial charge in [-0.2, -0.15) is 0 Å². The van der Waals surface area contributed by atoms with E-state index in [4.69, 9.17) is 4.74 Å². The number of benzene rings is 2. The van der Waals surface area contributed by atoms with Gasteiger partial charge in [-0.3, -0.25) is 4.79 Å². The first kappa shape index (κ1) is 19.6. The number of nitrogens with zero attached hydrogens (tertiary/aromatic N) is 3. The Kier molecular flexibility index (Phi) is 5.70. The molecule has 0 aliphatic heterocycles. The third-order valence-electron chi connectivity index (χ3n) is 4.81. The predicted molar refractivity (Wildman–Crippen MR) is 113 cm³/mol. The third-order valence-corrected chi connectivity index (χ3v) is 4.81. The fraction of sp³-hybridized carbons (Fsp3) is 0.174. The summed E-state index contributed by atoms with van der Waals surface area (Å²) in [5.41, 5.74) is 2.78. The number of aromatic nitrogens is 3. The Balaban J connectivity index is 1.53. The van der Waals surface area contributed by atoms with Gasteiger partial charge in [0.1, 0.15) is 22.9 Å². The maximum Gasteiger partial charge on any atom is 0.224 e. The Hall–Kier alpha value is -3.74. The molecule has 2 aromatic carbocycles. The number of pyridine rings is 1. The lowest BCUT2D eigenvalue weighted by atomic mass is 10.2. The monoisotopic (exact) mass is 404 g/mol. The van der Waals surface area contributed by atoms with Gasteiger partial charge in [0, 0.05) is 19.0 Å². The molecule has 1 N–H and O–H groups in total. The Morgan fingerprint density at radius 1 is 1.10 bits per heavy atom. The van der Waals surface area contributed by atoms with E-state index in [2.05, 4.69) is 15.3 Å². The quantitative estimate of drug-likeness (QED) is 0.501. The summed E-state index contributed by atoms with van der Waals surface area (Å²) in [4.78, 5) is 21.5. The van der Waals surface area contributed by atoms with E-state index in [1.165, 1.54) is 12.1 Å². The van der Waals surface area contributed by atoms with Crippen molar-refractivity contribution in [3.05, 3.63) is 84.1 Å². The summed E-state index contributed by atoms with van der Waals surface area (Å²) in [6, 6.07) is 17.6. The molecular formula is C23H21FN4O2. The number of carbonyl (C=O) groups is 1.